The molecule has 0 bridgehead atoms. The van der Waals surface area contributed by atoms with Gasteiger partial charge in [0, 0.05) is 16.6 Å². The second-order valence-electron chi connectivity index (χ2n) is 2.90. The lowest BCUT2D eigenvalue weighted by Crippen LogP contribution is -2.31. The van der Waals surface area contributed by atoms with E-state index in [1.165, 1.54) is 12.3 Å². The molecule has 0 aliphatic rings. The van der Waals surface area contributed by atoms with E-state index in [1.807, 2.05) is 6.92 Å². The minimum Gasteiger partial charge on any atom is -0.362 e. The third-order valence-electron chi connectivity index (χ3n) is 1.67. The van der Waals surface area contributed by atoms with Crippen LogP contribution in [0, 0.1) is 5.82 Å². The van der Waals surface area contributed by atoms with Crippen LogP contribution in [0.15, 0.2) is 27.8 Å². The molecule has 1 aromatic rings. The van der Waals surface area contributed by atoms with E-state index in [2.05, 4.69) is 31.8 Å². The lowest BCUT2D eigenvalue weighted by Gasteiger charge is -2.03. The molecule has 0 atom stereocenters. The highest BCUT2D eigenvalue weighted by Crippen LogP contribution is 2.13. The number of thiocarbonyl (C=S) groups is 1. The summed E-state index contributed by atoms with van der Waals surface area (Å²) in [6.07, 6.45) is 1.38. The molecule has 86 valence electrons. The second-order valence-corrected chi connectivity index (χ2v) is 4.22. The third kappa shape index (κ3) is 4.24. The summed E-state index contributed by atoms with van der Waals surface area (Å²) in [5, 5.41) is 7.10. The molecule has 1 rings (SSSR count). The molecule has 3 nitrogen and oxygen atoms in total. The maximum Gasteiger partial charge on any atom is 0.186 e. The minimum absolute atomic E-state index is 0.330. The van der Waals surface area contributed by atoms with Crippen molar-refractivity contribution < 1.29 is 4.39 Å². The van der Waals surface area contributed by atoms with Crippen LogP contribution in [0.25, 0.3) is 0 Å². The van der Waals surface area contributed by atoms with Gasteiger partial charge in [0.05, 0.1) is 6.21 Å². The standard InChI is InChI=1S/C10H11BrFN3S/c1-2-13-10(16)15-14-6-7-5-8(11)3-4-9(7)12/h3-6H,2H2,1H3,(H2,13,15,16)/b14-6-. The van der Waals surface area contributed by atoms with Crippen molar-refractivity contribution in [3.63, 3.8) is 0 Å². The number of halogens is 2. The molecule has 2 N–H and O–H groups in total. The van der Waals surface area contributed by atoms with E-state index in [-0.39, 0.29) is 5.82 Å². The highest BCUT2D eigenvalue weighted by Gasteiger charge is 1.99. The van der Waals surface area contributed by atoms with Crippen molar-refractivity contribution in [2.24, 2.45) is 5.10 Å². The van der Waals surface area contributed by atoms with E-state index in [0.717, 1.165) is 4.47 Å². The van der Waals surface area contributed by atoms with Gasteiger partial charge < -0.3 is 5.32 Å². The van der Waals surface area contributed by atoms with Gasteiger partial charge >= 0.3 is 0 Å². The van der Waals surface area contributed by atoms with Gasteiger partial charge in [-0.2, -0.15) is 5.10 Å². The van der Waals surface area contributed by atoms with E-state index >= 15 is 0 Å². The Labute approximate surface area is 107 Å². The summed E-state index contributed by atoms with van der Waals surface area (Å²) in [5.74, 6) is -0.330. The second kappa shape index (κ2) is 6.55. The zero-order valence-corrected chi connectivity index (χ0v) is 11.0. The summed E-state index contributed by atoms with van der Waals surface area (Å²) in [6, 6.07) is 4.63. The van der Waals surface area contributed by atoms with Crippen LogP contribution in [-0.2, 0) is 0 Å². The van der Waals surface area contributed by atoms with E-state index in [9.17, 15) is 4.39 Å². The molecule has 6 heteroatoms. The molecule has 1 aromatic carbocycles. The van der Waals surface area contributed by atoms with Gasteiger partial charge in [0.25, 0.3) is 0 Å². The van der Waals surface area contributed by atoms with E-state index in [0.29, 0.717) is 17.2 Å². The lowest BCUT2D eigenvalue weighted by molar-refractivity contribution is 0.625. The quantitative estimate of drug-likeness (QED) is 0.511. The van der Waals surface area contributed by atoms with Crippen molar-refractivity contribution in [2.45, 2.75) is 6.92 Å². The van der Waals surface area contributed by atoms with Crippen LogP contribution in [0.4, 0.5) is 4.39 Å². The van der Waals surface area contributed by atoms with Crippen molar-refractivity contribution in [3.05, 3.63) is 34.1 Å². The average Bonchev–Trinajstić information content (AvgIpc) is 2.23. The van der Waals surface area contributed by atoms with Crippen LogP contribution in [0.1, 0.15) is 12.5 Å². The smallest absolute Gasteiger partial charge is 0.186 e. The van der Waals surface area contributed by atoms with Crippen LogP contribution in [0.2, 0.25) is 0 Å². The first-order valence-electron chi connectivity index (χ1n) is 4.65. The Bertz CT molecular complexity index is 409. The normalized spacial score (nSPS) is 10.4. The zero-order chi connectivity index (χ0) is 12.0. The highest BCUT2D eigenvalue weighted by molar-refractivity contribution is 9.10. The third-order valence-corrected chi connectivity index (χ3v) is 2.39. The van der Waals surface area contributed by atoms with Gasteiger partial charge in [0.1, 0.15) is 5.82 Å². The van der Waals surface area contributed by atoms with Crippen LogP contribution in [0.3, 0.4) is 0 Å². The number of rotatable bonds is 3. The Morgan fingerprint density at radius 1 is 1.62 bits per heavy atom. The zero-order valence-electron chi connectivity index (χ0n) is 8.63. The SMILES string of the molecule is CCNC(=S)N/N=C\c1cc(Br)ccc1F. The predicted molar refractivity (Wildman–Crippen MR) is 71.1 cm³/mol. The monoisotopic (exact) mass is 303 g/mol. The molecule has 0 aromatic heterocycles. The summed E-state index contributed by atoms with van der Waals surface area (Å²) < 4.78 is 14.0. The number of hydrogen-bond donors (Lipinski definition) is 2. The van der Waals surface area contributed by atoms with Gasteiger partial charge in [-0.05, 0) is 37.3 Å². The summed E-state index contributed by atoms with van der Waals surface area (Å²) >= 11 is 8.14. The molecule has 0 fully saturated rings. The molecule has 0 saturated heterocycles. The number of nitrogens with zero attached hydrogens (tertiary/aromatic N) is 1. The summed E-state index contributed by atoms with van der Waals surface area (Å²) in [5.41, 5.74) is 2.98. The Hall–Kier alpha value is -1.01. The fourth-order valence-corrected chi connectivity index (χ4v) is 1.55. The number of hydrazone groups is 1. The molecule has 0 spiro atoms. The molecule has 0 unspecified atom stereocenters. The number of benzene rings is 1. The van der Waals surface area contributed by atoms with E-state index in [4.69, 9.17) is 12.2 Å². The predicted octanol–water partition coefficient (Wildman–Crippen LogP) is 2.41. The van der Waals surface area contributed by atoms with Crippen molar-refractivity contribution in [3.8, 4) is 0 Å². The minimum atomic E-state index is -0.330. The van der Waals surface area contributed by atoms with Crippen molar-refractivity contribution in [1.29, 1.82) is 0 Å². The highest BCUT2D eigenvalue weighted by atomic mass is 79.9. The van der Waals surface area contributed by atoms with Crippen LogP contribution >= 0.6 is 28.1 Å². The fraction of sp³-hybridized carbons (Fsp3) is 0.200. The Kier molecular flexibility index (Phi) is 5.34. The first kappa shape index (κ1) is 13.1. The van der Waals surface area contributed by atoms with Crippen molar-refractivity contribution in [1.82, 2.24) is 10.7 Å². The van der Waals surface area contributed by atoms with E-state index in [1.54, 1.807) is 12.1 Å². The first-order chi connectivity index (χ1) is 7.63. The molecule has 0 radical (unpaired) electrons. The lowest BCUT2D eigenvalue weighted by atomic mass is 10.2. The summed E-state index contributed by atoms with van der Waals surface area (Å²) in [7, 11) is 0. The van der Waals surface area contributed by atoms with Gasteiger partial charge in [-0.25, -0.2) is 4.39 Å². The molecule has 0 aliphatic carbocycles. The molecular formula is C10H11BrFN3S. The number of hydrogen-bond acceptors (Lipinski definition) is 2. The van der Waals surface area contributed by atoms with Crippen LogP contribution < -0.4 is 10.7 Å². The van der Waals surface area contributed by atoms with Gasteiger partial charge in [-0.1, -0.05) is 15.9 Å². The van der Waals surface area contributed by atoms with Crippen LogP contribution in [-0.4, -0.2) is 17.9 Å². The molecular weight excluding hydrogens is 293 g/mol. The topological polar surface area (TPSA) is 36.4 Å². The molecule has 16 heavy (non-hydrogen) atoms. The molecule has 0 amide bonds. The molecule has 0 aliphatic heterocycles. The van der Waals surface area contributed by atoms with Gasteiger partial charge in [-0.15, -0.1) is 0 Å². The molecule has 0 saturated carbocycles. The van der Waals surface area contributed by atoms with Gasteiger partial charge in [0.2, 0.25) is 0 Å². The summed E-state index contributed by atoms with van der Waals surface area (Å²) in [4.78, 5) is 0. The average molecular weight is 304 g/mol. The van der Waals surface area contributed by atoms with Crippen molar-refractivity contribution >= 4 is 39.5 Å². The van der Waals surface area contributed by atoms with Crippen LogP contribution in [0.5, 0.6) is 0 Å². The molecule has 0 heterocycles. The van der Waals surface area contributed by atoms with Crippen molar-refractivity contribution in [2.75, 3.05) is 6.54 Å². The summed E-state index contributed by atoms with van der Waals surface area (Å²) in [6.45, 7) is 2.64. The fourth-order valence-electron chi connectivity index (χ4n) is 0.974. The van der Waals surface area contributed by atoms with E-state index < -0.39 is 0 Å². The van der Waals surface area contributed by atoms with Gasteiger partial charge in [0.15, 0.2) is 5.11 Å². The largest absolute Gasteiger partial charge is 0.362 e. The number of nitrogens with one attached hydrogen (secondary N) is 2. The maximum atomic E-state index is 13.3. The first-order valence-corrected chi connectivity index (χ1v) is 5.85. The Morgan fingerprint density at radius 3 is 3.06 bits per heavy atom. The Balaban J connectivity index is 2.62. The maximum absolute atomic E-state index is 13.3. The van der Waals surface area contributed by atoms with Gasteiger partial charge in [-0.3, -0.25) is 5.43 Å². The Morgan fingerprint density at radius 2 is 2.38 bits per heavy atom.